The molecule has 0 radical (unpaired) electrons. The van der Waals surface area contributed by atoms with Crippen LogP contribution >= 0.6 is 0 Å². The van der Waals surface area contributed by atoms with E-state index in [0.29, 0.717) is 5.57 Å². The number of carbonyl (C=O) groups is 2. The molecule has 88 valence electrons. The Hall–Kier alpha value is -1.00. The van der Waals surface area contributed by atoms with Gasteiger partial charge >= 0.3 is 0 Å². The summed E-state index contributed by atoms with van der Waals surface area (Å²) in [6.45, 7) is 1.52. The van der Waals surface area contributed by atoms with Crippen molar-refractivity contribution in [3.63, 3.8) is 0 Å². The SMILES string of the molecule is COC1(OC)C(=O)[C@@H]2C=C(C(C)=O)[C@H]1CC2. The molecule has 0 N–H and O–H groups in total. The lowest BCUT2D eigenvalue weighted by atomic mass is 9.66. The van der Waals surface area contributed by atoms with Crippen LogP contribution in [0.5, 0.6) is 0 Å². The highest BCUT2D eigenvalue weighted by Crippen LogP contribution is 2.46. The average Bonchev–Trinajstić information content (AvgIpc) is 2.30. The van der Waals surface area contributed by atoms with Crippen LogP contribution < -0.4 is 0 Å². The zero-order valence-electron chi connectivity index (χ0n) is 9.78. The van der Waals surface area contributed by atoms with E-state index >= 15 is 0 Å². The Bertz CT molecular complexity index is 365. The molecule has 0 amide bonds. The van der Waals surface area contributed by atoms with Gasteiger partial charge in [0, 0.05) is 31.6 Å². The molecule has 16 heavy (non-hydrogen) atoms. The Balaban J connectivity index is 2.49. The molecular formula is C12H16O4. The number of fused-ring (bicyclic) bond motifs is 2. The van der Waals surface area contributed by atoms with E-state index in [1.54, 1.807) is 6.08 Å². The Morgan fingerprint density at radius 1 is 1.38 bits per heavy atom. The van der Waals surface area contributed by atoms with Crippen LogP contribution in [-0.2, 0) is 19.1 Å². The molecule has 4 heteroatoms. The number of hydrogen-bond donors (Lipinski definition) is 0. The molecule has 0 aliphatic heterocycles. The Morgan fingerprint density at radius 2 is 2.00 bits per heavy atom. The number of carbonyl (C=O) groups excluding carboxylic acids is 2. The van der Waals surface area contributed by atoms with E-state index in [-0.39, 0.29) is 23.4 Å². The van der Waals surface area contributed by atoms with Gasteiger partial charge in [-0.25, -0.2) is 0 Å². The van der Waals surface area contributed by atoms with E-state index in [4.69, 9.17) is 9.47 Å². The van der Waals surface area contributed by atoms with E-state index in [2.05, 4.69) is 0 Å². The van der Waals surface area contributed by atoms with Crippen LogP contribution in [0.2, 0.25) is 0 Å². The highest BCUT2D eigenvalue weighted by Gasteiger charge is 2.57. The molecule has 2 atom stereocenters. The Labute approximate surface area is 94.6 Å². The number of allylic oxidation sites excluding steroid dienone is 1. The van der Waals surface area contributed by atoms with Gasteiger partial charge in [-0.1, -0.05) is 6.08 Å². The normalized spacial score (nSPS) is 31.4. The summed E-state index contributed by atoms with van der Waals surface area (Å²) in [6, 6.07) is 0. The third-order valence-electron chi connectivity index (χ3n) is 3.67. The zero-order chi connectivity index (χ0) is 11.9. The zero-order valence-corrected chi connectivity index (χ0v) is 9.78. The van der Waals surface area contributed by atoms with Gasteiger partial charge in [0.05, 0.1) is 0 Å². The van der Waals surface area contributed by atoms with E-state index in [0.717, 1.165) is 12.8 Å². The number of rotatable bonds is 3. The van der Waals surface area contributed by atoms with E-state index in [9.17, 15) is 9.59 Å². The Kier molecular flexibility index (Phi) is 2.72. The minimum Gasteiger partial charge on any atom is -0.347 e. The van der Waals surface area contributed by atoms with Crippen molar-refractivity contribution >= 4 is 11.6 Å². The van der Waals surface area contributed by atoms with Gasteiger partial charge in [-0.15, -0.1) is 0 Å². The van der Waals surface area contributed by atoms with Crippen molar-refractivity contribution in [2.45, 2.75) is 25.6 Å². The fourth-order valence-corrected chi connectivity index (χ4v) is 2.88. The maximum Gasteiger partial charge on any atom is 0.236 e. The molecule has 1 saturated carbocycles. The number of methoxy groups -OCH3 is 2. The number of hydrogen-bond acceptors (Lipinski definition) is 4. The van der Waals surface area contributed by atoms with E-state index in [1.165, 1.54) is 21.1 Å². The van der Waals surface area contributed by atoms with Crippen molar-refractivity contribution in [2.75, 3.05) is 14.2 Å². The predicted octanol–water partition coefficient (Wildman–Crippen LogP) is 1.10. The topological polar surface area (TPSA) is 52.6 Å². The van der Waals surface area contributed by atoms with Crippen LogP contribution in [0.3, 0.4) is 0 Å². The van der Waals surface area contributed by atoms with Gasteiger partial charge in [0.1, 0.15) is 0 Å². The molecule has 2 bridgehead atoms. The van der Waals surface area contributed by atoms with Gasteiger partial charge in [0.2, 0.25) is 5.79 Å². The van der Waals surface area contributed by atoms with Crippen LogP contribution in [0.15, 0.2) is 11.6 Å². The van der Waals surface area contributed by atoms with Gasteiger partial charge in [-0.2, -0.15) is 0 Å². The molecule has 3 aliphatic rings. The van der Waals surface area contributed by atoms with Crippen molar-refractivity contribution in [3.05, 3.63) is 11.6 Å². The third-order valence-corrected chi connectivity index (χ3v) is 3.67. The number of ketones is 2. The van der Waals surface area contributed by atoms with Crippen LogP contribution in [0.25, 0.3) is 0 Å². The molecule has 3 rings (SSSR count). The fraction of sp³-hybridized carbons (Fsp3) is 0.667. The van der Waals surface area contributed by atoms with Gasteiger partial charge in [0.15, 0.2) is 11.6 Å². The second-order valence-electron chi connectivity index (χ2n) is 4.35. The lowest BCUT2D eigenvalue weighted by Gasteiger charge is -2.46. The van der Waals surface area contributed by atoms with Crippen LogP contribution in [0, 0.1) is 11.8 Å². The highest BCUT2D eigenvalue weighted by atomic mass is 16.7. The van der Waals surface area contributed by atoms with E-state index in [1.807, 2.05) is 0 Å². The quantitative estimate of drug-likeness (QED) is 0.674. The first kappa shape index (κ1) is 11.5. The lowest BCUT2D eigenvalue weighted by Crippen LogP contribution is -2.58. The van der Waals surface area contributed by atoms with Crippen molar-refractivity contribution < 1.29 is 19.1 Å². The fourth-order valence-electron chi connectivity index (χ4n) is 2.88. The second kappa shape index (κ2) is 3.79. The van der Waals surface area contributed by atoms with Gasteiger partial charge in [0.25, 0.3) is 0 Å². The van der Waals surface area contributed by atoms with Gasteiger partial charge in [-0.05, 0) is 19.8 Å². The summed E-state index contributed by atoms with van der Waals surface area (Å²) < 4.78 is 10.6. The maximum atomic E-state index is 12.1. The largest absolute Gasteiger partial charge is 0.347 e. The highest BCUT2D eigenvalue weighted by molar-refractivity contribution is 6.01. The summed E-state index contributed by atoms with van der Waals surface area (Å²) in [5, 5.41) is 0. The lowest BCUT2D eigenvalue weighted by molar-refractivity contribution is -0.237. The summed E-state index contributed by atoms with van der Waals surface area (Å²) in [6.07, 6.45) is 3.34. The molecule has 0 aromatic rings. The first-order valence-electron chi connectivity index (χ1n) is 5.44. The molecule has 0 spiro atoms. The van der Waals surface area contributed by atoms with Crippen molar-refractivity contribution in [2.24, 2.45) is 11.8 Å². The third kappa shape index (κ3) is 1.30. The first-order chi connectivity index (χ1) is 7.56. The van der Waals surface area contributed by atoms with Gasteiger partial charge < -0.3 is 9.47 Å². The summed E-state index contributed by atoms with van der Waals surface area (Å²) in [7, 11) is 2.92. The summed E-state index contributed by atoms with van der Waals surface area (Å²) in [5.41, 5.74) is 0.680. The van der Waals surface area contributed by atoms with Crippen molar-refractivity contribution in [1.29, 1.82) is 0 Å². The van der Waals surface area contributed by atoms with Crippen LogP contribution in [-0.4, -0.2) is 31.6 Å². The molecule has 0 unspecified atom stereocenters. The molecule has 0 aromatic carbocycles. The molecule has 4 nitrogen and oxygen atoms in total. The van der Waals surface area contributed by atoms with Crippen LogP contribution in [0.4, 0.5) is 0 Å². The minimum atomic E-state index is -1.24. The number of Topliss-reactive ketones (excluding diaryl/α,β-unsaturated/α-hetero) is 2. The maximum absolute atomic E-state index is 12.1. The minimum absolute atomic E-state index is 0.000625. The molecular weight excluding hydrogens is 208 g/mol. The molecule has 1 fully saturated rings. The molecule has 0 saturated heterocycles. The van der Waals surface area contributed by atoms with Crippen LogP contribution in [0.1, 0.15) is 19.8 Å². The molecule has 0 heterocycles. The monoisotopic (exact) mass is 224 g/mol. The summed E-state index contributed by atoms with van der Waals surface area (Å²) >= 11 is 0. The summed E-state index contributed by atoms with van der Waals surface area (Å²) in [4.78, 5) is 23.7. The van der Waals surface area contributed by atoms with Crippen molar-refractivity contribution in [3.8, 4) is 0 Å². The smallest absolute Gasteiger partial charge is 0.236 e. The standard InChI is InChI=1S/C12H16O4/c1-7(13)9-6-8-4-5-10(9)12(15-2,16-3)11(8)14/h6,8,10H,4-5H2,1-3H3/t8-,10+/m0/s1. The predicted molar refractivity (Wildman–Crippen MR) is 56.7 cm³/mol. The Morgan fingerprint density at radius 3 is 2.50 bits per heavy atom. The van der Waals surface area contributed by atoms with E-state index < -0.39 is 5.79 Å². The average molecular weight is 224 g/mol. The summed E-state index contributed by atoms with van der Waals surface area (Å²) in [5.74, 6) is -1.78. The van der Waals surface area contributed by atoms with Gasteiger partial charge in [-0.3, -0.25) is 9.59 Å². The molecule has 3 aliphatic carbocycles. The molecule has 0 aromatic heterocycles. The number of ether oxygens (including phenoxy) is 2. The second-order valence-corrected chi connectivity index (χ2v) is 4.35. The first-order valence-corrected chi connectivity index (χ1v) is 5.44. The van der Waals surface area contributed by atoms with Crippen molar-refractivity contribution in [1.82, 2.24) is 0 Å².